The van der Waals surface area contributed by atoms with Gasteiger partial charge in [-0.05, 0) is 6.92 Å². The molecule has 6 nitrogen and oxygen atoms in total. The number of fused-ring (bicyclic) bond motifs is 1. The molecule has 0 aromatic heterocycles. The van der Waals surface area contributed by atoms with Crippen LogP contribution in [0.2, 0.25) is 0 Å². The molecule has 1 aliphatic rings. The summed E-state index contributed by atoms with van der Waals surface area (Å²) in [7, 11) is 2.85. The van der Waals surface area contributed by atoms with Gasteiger partial charge in [0.15, 0.2) is 24.1 Å². The summed E-state index contributed by atoms with van der Waals surface area (Å²) >= 11 is 0. The molecular formula is C11H14O6. The van der Waals surface area contributed by atoms with Crippen LogP contribution in [0.15, 0.2) is 0 Å². The van der Waals surface area contributed by atoms with Crippen LogP contribution >= 0.6 is 0 Å². The zero-order valence-electron chi connectivity index (χ0n) is 9.72. The Hall–Kier alpha value is -1.50. The number of hydrogen-bond acceptors (Lipinski definition) is 6. The third-order valence-electron chi connectivity index (χ3n) is 2.90. The first-order chi connectivity index (χ1) is 8.02. The van der Waals surface area contributed by atoms with Crippen molar-refractivity contribution >= 4 is 0 Å². The van der Waals surface area contributed by atoms with E-state index in [2.05, 4.69) is 0 Å². The summed E-state index contributed by atoms with van der Waals surface area (Å²) in [5.41, 5.74) is 1.15. The number of rotatable bonds is 2. The van der Waals surface area contributed by atoms with Gasteiger partial charge in [0, 0.05) is 25.3 Å². The summed E-state index contributed by atoms with van der Waals surface area (Å²) in [5.74, 6) is -1.41. The predicted octanol–water partition coefficient (Wildman–Crippen LogP) is 1.43. The Morgan fingerprint density at radius 2 is 1.41 bits per heavy atom. The van der Waals surface area contributed by atoms with Gasteiger partial charge in [-0.25, -0.2) is 0 Å². The maximum Gasteiger partial charge on any atom is 0.201 e. The van der Waals surface area contributed by atoms with Gasteiger partial charge in [0.05, 0.1) is 5.56 Å². The van der Waals surface area contributed by atoms with Crippen molar-refractivity contribution in [2.75, 3.05) is 14.2 Å². The minimum absolute atomic E-state index is 0.284. The van der Waals surface area contributed by atoms with Crippen molar-refractivity contribution in [3.63, 3.8) is 0 Å². The number of ether oxygens (including phenoxy) is 3. The molecule has 6 heteroatoms. The quantitative estimate of drug-likeness (QED) is 0.680. The molecule has 0 bridgehead atoms. The minimum atomic E-state index is -0.833. The van der Waals surface area contributed by atoms with Crippen LogP contribution in [-0.2, 0) is 14.2 Å². The van der Waals surface area contributed by atoms with Crippen molar-refractivity contribution in [3.8, 4) is 17.2 Å². The summed E-state index contributed by atoms with van der Waals surface area (Å²) < 4.78 is 15.5. The lowest BCUT2D eigenvalue weighted by molar-refractivity contribution is -0.217. The molecule has 0 saturated carbocycles. The number of benzene rings is 1. The second-order valence-corrected chi connectivity index (χ2v) is 3.77. The number of phenols is 3. The zero-order chi connectivity index (χ0) is 12.7. The Kier molecular flexibility index (Phi) is 2.86. The van der Waals surface area contributed by atoms with Crippen molar-refractivity contribution in [2.45, 2.75) is 19.5 Å². The van der Waals surface area contributed by atoms with E-state index in [0.29, 0.717) is 11.1 Å². The fraction of sp³-hybridized carbons (Fsp3) is 0.455. The van der Waals surface area contributed by atoms with E-state index >= 15 is 0 Å². The summed E-state index contributed by atoms with van der Waals surface area (Å²) in [6.07, 6.45) is -1.58. The molecule has 1 aliphatic heterocycles. The first kappa shape index (κ1) is 12.0. The lowest BCUT2D eigenvalue weighted by atomic mass is 10.00. The van der Waals surface area contributed by atoms with E-state index in [1.165, 1.54) is 14.2 Å². The molecule has 0 aliphatic carbocycles. The SMILES string of the molecule is CO[C@@H]1O[C@H](OC)c2c(O)c(O)c(O)c(C)c21. The van der Waals surface area contributed by atoms with Crippen LogP contribution in [-0.4, -0.2) is 29.5 Å². The summed E-state index contributed by atoms with van der Waals surface area (Å²) in [5, 5.41) is 29.0. The van der Waals surface area contributed by atoms with Crippen molar-refractivity contribution in [3.05, 3.63) is 16.7 Å². The average molecular weight is 242 g/mol. The van der Waals surface area contributed by atoms with Crippen molar-refractivity contribution in [1.29, 1.82) is 0 Å². The normalized spacial score (nSPS) is 22.8. The second kappa shape index (κ2) is 4.06. The molecular weight excluding hydrogens is 228 g/mol. The largest absolute Gasteiger partial charge is 0.504 e. The van der Waals surface area contributed by atoms with Crippen LogP contribution in [0.25, 0.3) is 0 Å². The van der Waals surface area contributed by atoms with Gasteiger partial charge in [-0.3, -0.25) is 0 Å². The van der Waals surface area contributed by atoms with Gasteiger partial charge in [0.2, 0.25) is 5.75 Å². The Morgan fingerprint density at radius 3 is 1.94 bits per heavy atom. The highest BCUT2D eigenvalue weighted by atomic mass is 16.8. The van der Waals surface area contributed by atoms with E-state index < -0.39 is 24.1 Å². The maximum atomic E-state index is 9.81. The number of hydrogen-bond donors (Lipinski definition) is 3. The molecule has 0 saturated heterocycles. The summed E-state index contributed by atoms with van der Waals surface area (Å²) in [4.78, 5) is 0. The molecule has 1 aromatic rings. The molecule has 0 amide bonds. The highest BCUT2D eigenvalue weighted by molar-refractivity contribution is 5.63. The lowest BCUT2D eigenvalue weighted by Gasteiger charge is -2.13. The molecule has 0 fully saturated rings. The van der Waals surface area contributed by atoms with Gasteiger partial charge in [0.1, 0.15) is 0 Å². The highest BCUT2D eigenvalue weighted by Crippen LogP contribution is 2.53. The van der Waals surface area contributed by atoms with Crippen molar-refractivity contribution < 1.29 is 29.5 Å². The van der Waals surface area contributed by atoms with Crippen molar-refractivity contribution in [2.24, 2.45) is 0 Å². The Bertz CT molecular complexity index is 415. The Labute approximate surface area is 98.0 Å². The number of aromatic hydroxyl groups is 3. The zero-order valence-corrected chi connectivity index (χ0v) is 9.72. The first-order valence-electron chi connectivity index (χ1n) is 5.01. The number of methoxy groups -OCH3 is 2. The molecule has 94 valence electrons. The molecule has 0 unspecified atom stereocenters. The van der Waals surface area contributed by atoms with E-state index in [-0.39, 0.29) is 11.3 Å². The predicted molar refractivity (Wildman–Crippen MR) is 56.8 cm³/mol. The smallest absolute Gasteiger partial charge is 0.201 e. The minimum Gasteiger partial charge on any atom is -0.504 e. The van der Waals surface area contributed by atoms with Gasteiger partial charge in [0.25, 0.3) is 0 Å². The van der Waals surface area contributed by atoms with E-state index in [0.717, 1.165) is 0 Å². The third-order valence-corrected chi connectivity index (χ3v) is 2.90. The van der Waals surface area contributed by atoms with Gasteiger partial charge >= 0.3 is 0 Å². The average Bonchev–Trinajstić information content (AvgIpc) is 2.72. The summed E-state index contributed by atoms with van der Waals surface area (Å²) in [6, 6.07) is 0. The van der Waals surface area contributed by atoms with Crippen LogP contribution < -0.4 is 0 Å². The first-order valence-corrected chi connectivity index (χ1v) is 5.01. The monoisotopic (exact) mass is 242 g/mol. The molecule has 2 rings (SSSR count). The second-order valence-electron chi connectivity index (χ2n) is 3.77. The fourth-order valence-electron chi connectivity index (χ4n) is 2.01. The van der Waals surface area contributed by atoms with E-state index in [1.54, 1.807) is 6.92 Å². The van der Waals surface area contributed by atoms with Gasteiger partial charge < -0.3 is 29.5 Å². The number of phenolic OH excluding ortho intramolecular Hbond substituents is 3. The van der Waals surface area contributed by atoms with Crippen LogP contribution in [0.5, 0.6) is 17.2 Å². The van der Waals surface area contributed by atoms with Crippen LogP contribution in [0.4, 0.5) is 0 Å². The Balaban J connectivity index is 2.72. The highest BCUT2D eigenvalue weighted by Gasteiger charge is 2.39. The Morgan fingerprint density at radius 1 is 0.882 bits per heavy atom. The van der Waals surface area contributed by atoms with Gasteiger partial charge in [-0.15, -0.1) is 0 Å². The standard InChI is InChI=1S/C11H14O6/c1-4-5-6(8(13)9(14)7(4)12)11(16-3)17-10(5)15-2/h10-14H,1-3H3/t10-,11+/m1/s1. The fourth-order valence-corrected chi connectivity index (χ4v) is 2.01. The lowest BCUT2D eigenvalue weighted by Crippen LogP contribution is -2.02. The van der Waals surface area contributed by atoms with Crippen LogP contribution in [0, 0.1) is 6.92 Å². The summed E-state index contributed by atoms with van der Waals surface area (Å²) in [6.45, 7) is 1.60. The van der Waals surface area contributed by atoms with Crippen LogP contribution in [0.3, 0.4) is 0 Å². The van der Waals surface area contributed by atoms with E-state index in [4.69, 9.17) is 14.2 Å². The molecule has 3 N–H and O–H groups in total. The molecule has 17 heavy (non-hydrogen) atoms. The molecule has 1 aromatic carbocycles. The maximum absolute atomic E-state index is 9.81. The van der Waals surface area contributed by atoms with Crippen molar-refractivity contribution in [1.82, 2.24) is 0 Å². The topological polar surface area (TPSA) is 88.4 Å². The molecule has 1 heterocycles. The molecule has 0 spiro atoms. The van der Waals surface area contributed by atoms with Gasteiger partial charge in [-0.1, -0.05) is 0 Å². The molecule has 0 radical (unpaired) electrons. The third kappa shape index (κ3) is 1.53. The van der Waals surface area contributed by atoms with E-state index in [1.807, 2.05) is 0 Å². The molecule has 2 atom stereocenters. The van der Waals surface area contributed by atoms with Gasteiger partial charge in [-0.2, -0.15) is 0 Å². The van der Waals surface area contributed by atoms with Crippen LogP contribution in [0.1, 0.15) is 29.3 Å². The van der Waals surface area contributed by atoms with E-state index in [9.17, 15) is 15.3 Å².